The number of hydrogen-bond donors (Lipinski definition) is 1. The summed E-state index contributed by atoms with van der Waals surface area (Å²) in [6.07, 6.45) is 3.32. The normalized spacial score (nSPS) is 10.4. The smallest absolute Gasteiger partial charge is 0.269 e. The van der Waals surface area contributed by atoms with Crippen molar-refractivity contribution < 1.29 is 9.72 Å². The van der Waals surface area contributed by atoms with Gasteiger partial charge < -0.3 is 5.32 Å². The van der Waals surface area contributed by atoms with Crippen LogP contribution >= 0.6 is 0 Å². The standard InChI is InChI=1S/C15H13N7O3/c23-14(17-9-11-2-1-7-16-8-11)10-21-19-15(18-20-21)12-3-5-13(6-4-12)22(24)25/h1-8H,9-10H2,(H,17,23). The van der Waals surface area contributed by atoms with E-state index in [1.807, 2.05) is 6.07 Å². The van der Waals surface area contributed by atoms with Crippen LogP contribution in [-0.2, 0) is 17.9 Å². The molecule has 126 valence electrons. The number of benzene rings is 1. The third-order valence-corrected chi connectivity index (χ3v) is 3.29. The van der Waals surface area contributed by atoms with E-state index in [1.54, 1.807) is 18.5 Å². The van der Waals surface area contributed by atoms with Crippen LogP contribution < -0.4 is 5.32 Å². The maximum absolute atomic E-state index is 11.9. The third-order valence-electron chi connectivity index (χ3n) is 3.29. The van der Waals surface area contributed by atoms with Gasteiger partial charge in [0.15, 0.2) is 0 Å². The summed E-state index contributed by atoms with van der Waals surface area (Å²) in [6, 6.07) is 9.42. The van der Waals surface area contributed by atoms with Gasteiger partial charge in [-0.2, -0.15) is 4.80 Å². The van der Waals surface area contributed by atoms with Crippen LogP contribution in [0.15, 0.2) is 48.8 Å². The van der Waals surface area contributed by atoms with E-state index >= 15 is 0 Å². The molecule has 1 aromatic carbocycles. The van der Waals surface area contributed by atoms with Gasteiger partial charge in [0.25, 0.3) is 5.69 Å². The SMILES string of the molecule is O=C(Cn1nnc(-c2ccc([N+](=O)[O-])cc2)n1)NCc1cccnc1. The molecule has 0 spiro atoms. The lowest BCUT2D eigenvalue weighted by molar-refractivity contribution is -0.384. The van der Waals surface area contributed by atoms with Gasteiger partial charge in [-0.25, -0.2) is 0 Å². The first-order valence-corrected chi connectivity index (χ1v) is 7.30. The summed E-state index contributed by atoms with van der Waals surface area (Å²) in [5.41, 5.74) is 1.44. The Morgan fingerprint density at radius 1 is 1.24 bits per heavy atom. The molecule has 0 radical (unpaired) electrons. The minimum absolute atomic E-state index is 0.0223. The zero-order valence-electron chi connectivity index (χ0n) is 12.9. The molecule has 2 heterocycles. The summed E-state index contributed by atoms with van der Waals surface area (Å²) < 4.78 is 0. The first kappa shape index (κ1) is 16.2. The fourth-order valence-electron chi connectivity index (χ4n) is 2.05. The molecule has 0 atom stereocenters. The van der Waals surface area contributed by atoms with Crippen molar-refractivity contribution in [3.63, 3.8) is 0 Å². The van der Waals surface area contributed by atoms with Crippen molar-refractivity contribution in [2.24, 2.45) is 0 Å². The predicted octanol–water partition coefficient (Wildman–Crippen LogP) is 0.960. The van der Waals surface area contributed by atoms with Crippen LogP contribution in [-0.4, -0.2) is 36.0 Å². The van der Waals surface area contributed by atoms with Crippen molar-refractivity contribution in [2.45, 2.75) is 13.1 Å². The zero-order valence-corrected chi connectivity index (χ0v) is 12.9. The monoisotopic (exact) mass is 339 g/mol. The molecule has 10 heteroatoms. The van der Waals surface area contributed by atoms with E-state index in [0.29, 0.717) is 12.1 Å². The van der Waals surface area contributed by atoms with Crippen molar-refractivity contribution in [1.82, 2.24) is 30.5 Å². The van der Waals surface area contributed by atoms with Gasteiger partial charge in [0.1, 0.15) is 6.54 Å². The molecule has 0 saturated heterocycles. The van der Waals surface area contributed by atoms with Crippen molar-refractivity contribution in [1.29, 1.82) is 0 Å². The average molecular weight is 339 g/mol. The number of carbonyl (C=O) groups is 1. The van der Waals surface area contributed by atoms with E-state index in [0.717, 1.165) is 10.4 Å². The summed E-state index contributed by atoms with van der Waals surface area (Å²) in [5.74, 6) is 0.0199. The number of pyridine rings is 1. The van der Waals surface area contributed by atoms with E-state index in [1.165, 1.54) is 24.3 Å². The zero-order chi connectivity index (χ0) is 17.6. The highest BCUT2D eigenvalue weighted by molar-refractivity contribution is 5.75. The minimum atomic E-state index is -0.485. The van der Waals surface area contributed by atoms with Crippen LogP contribution in [0.3, 0.4) is 0 Å². The van der Waals surface area contributed by atoms with E-state index in [2.05, 4.69) is 25.7 Å². The summed E-state index contributed by atoms with van der Waals surface area (Å²) in [4.78, 5) is 27.2. The molecule has 2 aromatic heterocycles. The largest absolute Gasteiger partial charge is 0.350 e. The number of tetrazole rings is 1. The molecular formula is C15H13N7O3. The summed E-state index contributed by atoms with van der Waals surface area (Å²) >= 11 is 0. The molecule has 1 amide bonds. The van der Waals surface area contributed by atoms with E-state index < -0.39 is 4.92 Å². The Morgan fingerprint density at radius 2 is 2.04 bits per heavy atom. The number of hydrogen-bond acceptors (Lipinski definition) is 7. The summed E-state index contributed by atoms with van der Waals surface area (Å²) in [5, 5.41) is 25.2. The molecule has 0 saturated carbocycles. The summed E-state index contributed by atoms with van der Waals surface area (Å²) in [7, 11) is 0. The Hall–Kier alpha value is -3.69. The van der Waals surface area contributed by atoms with Gasteiger partial charge in [-0.1, -0.05) is 6.07 Å². The van der Waals surface area contributed by atoms with Gasteiger partial charge in [0.05, 0.1) is 4.92 Å². The number of non-ortho nitro benzene ring substituents is 1. The van der Waals surface area contributed by atoms with E-state index in [4.69, 9.17) is 0 Å². The molecule has 0 bridgehead atoms. The number of aromatic nitrogens is 5. The Bertz CT molecular complexity index is 878. The number of nitrogens with one attached hydrogen (secondary N) is 1. The molecule has 3 rings (SSSR count). The van der Waals surface area contributed by atoms with Gasteiger partial charge in [-0.05, 0) is 29.0 Å². The lowest BCUT2D eigenvalue weighted by Crippen LogP contribution is -2.28. The van der Waals surface area contributed by atoms with Crippen molar-refractivity contribution in [3.8, 4) is 11.4 Å². The fourth-order valence-corrected chi connectivity index (χ4v) is 2.05. The highest BCUT2D eigenvalue weighted by Gasteiger charge is 2.11. The van der Waals surface area contributed by atoms with Crippen LogP contribution in [0.1, 0.15) is 5.56 Å². The molecule has 1 N–H and O–H groups in total. The van der Waals surface area contributed by atoms with Crippen LogP contribution in [0, 0.1) is 10.1 Å². The maximum Gasteiger partial charge on any atom is 0.269 e. The number of nitrogens with zero attached hydrogens (tertiary/aromatic N) is 6. The lowest BCUT2D eigenvalue weighted by Gasteiger charge is -2.03. The first-order chi connectivity index (χ1) is 12.1. The van der Waals surface area contributed by atoms with Gasteiger partial charge in [0.2, 0.25) is 11.7 Å². The number of carbonyl (C=O) groups excluding carboxylic acids is 1. The van der Waals surface area contributed by atoms with Crippen LogP contribution in [0.25, 0.3) is 11.4 Å². The van der Waals surface area contributed by atoms with Gasteiger partial charge in [-0.15, -0.1) is 10.2 Å². The molecule has 10 nitrogen and oxygen atoms in total. The number of nitro benzene ring substituents is 1. The molecular weight excluding hydrogens is 326 g/mol. The predicted molar refractivity (Wildman–Crippen MR) is 86.0 cm³/mol. The maximum atomic E-state index is 11.9. The number of rotatable bonds is 6. The highest BCUT2D eigenvalue weighted by Crippen LogP contribution is 2.18. The van der Waals surface area contributed by atoms with E-state index in [-0.39, 0.29) is 24.0 Å². The topological polar surface area (TPSA) is 129 Å². The second-order valence-corrected chi connectivity index (χ2v) is 5.09. The second-order valence-electron chi connectivity index (χ2n) is 5.09. The molecule has 0 aliphatic heterocycles. The van der Waals surface area contributed by atoms with Crippen LogP contribution in [0.5, 0.6) is 0 Å². The number of amides is 1. The van der Waals surface area contributed by atoms with Crippen LogP contribution in [0.4, 0.5) is 5.69 Å². The van der Waals surface area contributed by atoms with Crippen molar-refractivity contribution >= 4 is 11.6 Å². The fraction of sp³-hybridized carbons (Fsp3) is 0.133. The average Bonchev–Trinajstić information content (AvgIpc) is 3.09. The molecule has 0 aliphatic rings. The van der Waals surface area contributed by atoms with Gasteiger partial charge in [-0.3, -0.25) is 19.9 Å². The van der Waals surface area contributed by atoms with Gasteiger partial charge in [0, 0.05) is 36.6 Å². The Balaban J connectivity index is 1.59. The molecule has 25 heavy (non-hydrogen) atoms. The van der Waals surface area contributed by atoms with Crippen molar-refractivity contribution in [2.75, 3.05) is 0 Å². The Labute approximate surface area is 141 Å². The minimum Gasteiger partial charge on any atom is -0.350 e. The Morgan fingerprint density at radius 3 is 2.72 bits per heavy atom. The summed E-state index contributed by atoms with van der Waals surface area (Å²) in [6.45, 7) is 0.275. The van der Waals surface area contributed by atoms with Gasteiger partial charge >= 0.3 is 0 Å². The highest BCUT2D eigenvalue weighted by atomic mass is 16.6. The first-order valence-electron chi connectivity index (χ1n) is 7.30. The third kappa shape index (κ3) is 4.19. The number of nitro groups is 1. The second kappa shape index (κ2) is 7.25. The van der Waals surface area contributed by atoms with Crippen LogP contribution in [0.2, 0.25) is 0 Å². The lowest BCUT2D eigenvalue weighted by atomic mass is 10.2. The molecule has 3 aromatic rings. The Kier molecular flexibility index (Phi) is 4.69. The van der Waals surface area contributed by atoms with Crippen molar-refractivity contribution in [3.05, 3.63) is 64.5 Å². The molecule has 0 fully saturated rings. The quantitative estimate of drug-likeness (QED) is 0.523. The van der Waals surface area contributed by atoms with E-state index in [9.17, 15) is 14.9 Å². The molecule has 0 aliphatic carbocycles. The molecule has 0 unspecified atom stereocenters.